The topological polar surface area (TPSA) is 0 Å². The third-order valence-electron chi connectivity index (χ3n) is 7.27. The summed E-state index contributed by atoms with van der Waals surface area (Å²) in [6.07, 6.45) is 3.48. The second kappa shape index (κ2) is 5.36. The standard InChI is InChI=1S/C29H20/c1-2-10-20-18-21(17-19(20)9-1)29-25-14-6-3-11-22(25)28(23-12-4-7-15-26(23)29)24-13-5-8-16-27(24)29/h1-17,28H,18H2. The summed E-state index contributed by atoms with van der Waals surface area (Å²) in [5, 5.41) is 0. The van der Waals surface area contributed by atoms with Gasteiger partial charge in [0.05, 0.1) is 5.41 Å². The highest BCUT2D eigenvalue weighted by atomic mass is 14.5. The largest absolute Gasteiger partial charge is 0.0676 e. The molecule has 0 atom stereocenters. The lowest BCUT2D eigenvalue weighted by atomic mass is 9.50. The maximum Gasteiger partial charge on any atom is 0.0676 e. The van der Waals surface area contributed by atoms with Gasteiger partial charge in [0.2, 0.25) is 0 Å². The van der Waals surface area contributed by atoms with E-state index in [1.165, 1.54) is 50.1 Å². The molecular formula is C29H20. The van der Waals surface area contributed by atoms with Crippen LogP contribution in [0.1, 0.15) is 50.4 Å². The SMILES string of the molecule is C1=C(C23c4ccccc4C(c4ccccc42)c2ccccc23)Cc2ccccc21. The fourth-order valence-electron chi connectivity index (χ4n) is 6.25. The molecule has 0 heterocycles. The summed E-state index contributed by atoms with van der Waals surface area (Å²) in [6, 6.07) is 36.3. The predicted octanol–water partition coefficient (Wildman–Crippen LogP) is 6.47. The molecule has 0 N–H and O–H groups in total. The Morgan fingerprint density at radius 1 is 0.552 bits per heavy atom. The molecule has 29 heavy (non-hydrogen) atoms. The van der Waals surface area contributed by atoms with E-state index in [0.29, 0.717) is 5.92 Å². The van der Waals surface area contributed by atoms with E-state index >= 15 is 0 Å². The van der Waals surface area contributed by atoms with Gasteiger partial charge in [-0.1, -0.05) is 103 Å². The number of benzene rings is 4. The van der Waals surface area contributed by atoms with E-state index in [4.69, 9.17) is 0 Å². The summed E-state index contributed by atoms with van der Waals surface area (Å²) < 4.78 is 0. The molecule has 2 bridgehead atoms. The minimum absolute atomic E-state index is 0.197. The summed E-state index contributed by atoms with van der Waals surface area (Å²) in [7, 11) is 0. The van der Waals surface area contributed by atoms with Gasteiger partial charge in [0, 0.05) is 5.92 Å². The fraction of sp³-hybridized carbons (Fsp3) is 0.103. The molecule has 0 saturated heterocycles. The Morgan fingerprint density at radius 3 is 1.59 bits per heavy atom. The van der Waals surface area contributed by atoms with Crippen LogP contribution in [0.25, 0.3) is 6.08 Å². The van der Waals surface area contributed by atoms with E-state index in [0.717, 1.165) is 6.42 Å². The van der Waals surface area contributed by atoms with Crippen molar-refractivity contribution in [3.8, 4) is 0 Å². The Hall–Kier alpha value is -3.38. The van der Waals surface area contributed by atoms with Gasteiger partial charge in [-0.05, 0) is 56.5 Å². The smallest absolute Gasteiger partial charge is 0.0619 e. The molecule has 0 aliphatic heterocycles. The lowest BCUT2D eigenvalue weighted by Crippen LogP contribution is -2.43. The van der Waals surface area contributed by atoms with Crippen LogP contribution in [-0.4, -0.2) is 0 Å². The van der Waals surface area contributed by atoms with Crippen molar-refractivity contribution in [2.24, 2.45) is 0 Å². The average molecular weight is 368 g/mol. The third-order valence-corrected chi connectivity index (χ3v) is 7.27. The van der Waals surface area contributed by atoms with Crippen LogP contribution in [0.5, 0.6) is 0 Å². The van der Waals surface area contributed by atoms with Gasteiger partial charge >= 0.3 is 0 Å². The van der Waals surface area contributed by atoms with Crippen LogP contribution in [0.3, 0.4) is 0 Å². The van der Waals surface area contributed by atoms with Gasteiger partial charge in [0.25, 0.3) is 0 Å². The van der Waals surface area contributed by atoms with Gasteiger partial charge in [-0.25, -0.2) is 0 Å². The van der Waals surface area contributed by atoms with Gasteiger partial charge in [0.1, 0.15) is 0 Å². The average Bonchev–Trinajstić information content (AvgIpc) is 3.23. The highest BCUT2D eigenvalue weighted by Gasteiger charge is 2.53. The number of rotatable bonds is 1. The zero-order valence-electron chi connectivity index (χ0n) is 16.1. The molecule has 0 radical (unpaired) electrons. The first-order chi connectivity index (χ1) is 14.4. The van der Waals surface area contributed by atoms with E-state index in [2.05, 4.69) is 103 Å². The Morgan fingerprint density at radius 2 is 1.03 bits per heavy atom. The van der Waals surface area contributed by atoms with Crippen molar-refractivity contribution >= 4 is 6.08 Å². The van der Waals surface area contributed by atoms with Crippen molar-refractivity contribution in [1.29, 1.82) is 0 Å². The van der Waals surface area contributed by atoms with Crippen LogP contribution in [0.4, 0.5) is 0 Å². The first-order valence-electron chi connectivity index (χ1n) is 10.5. The zero-order chi connectivity index (χ0) is 19.0. The van der Waals surface area contributed by atoms with E-state index in [1.54, 1.807) is 0 Å². The number of allylic oxidation sites excluding steroid dienone is 1. The molecule has 4 aromatic rings. The zero-order valence-corrected chi connectivity index (χ0v) is 16.1. The summed E-state index contributed by atoms with van der Waals surface area (Å²) in [6.45, 7) is 0. The first-order valence-corrected chi connectivity index (χ1v) is 10.5. The quantitative estimate of drug-likeness (QED) is 0.361. The van der Waals surface area contributed by atoms with E-state index in [1.807, 2.05) is 0 Å². The molecule has 0 unspecified atom stereocenters. The normalized spacial score (nSPS) is 22.3. The van der Waals surface area contributed by atoms with Crippen molar-refractivity contribution < 1.29 is 0 Å². The van der Waals surface area contributed by atoms with Crippen LogP contribution in [0.15, 0.2) is 103 Å². The van der Waals surface area contributed by atoms with Gasteiger partial charge in [-0.15, -0.1) is 0 Å². The molecule has 0 aromatic heterocycles. The van der Waals surface area contributed by atoms with Gasteiger partial charge in [-0.3, -0.25) is 0 Å². The van der Waals surface area contributed by atoms with E-state index in [-0.39, 0.29) is 5.41 Å². The summed E-state index contributed by atoms with van der Waals surface area (Å²) >= 11 is 0. The van der Waals surface area contributed by atoms with Crippen molar-refractivity contribution in [3.63, 3.8) is 0 Å². The number of hydrogen-bond acceptors (Lipinski definition) is 0. The number of hydrogen-bond donors (Lipinski definition) is 0. The molecule has 0 saturated carbocycles. The monoisotopic (exact) mass is 368 g/mol. The first kappa shape index (κ1) is 15.5. The van der Waals surface area contributed by atoms with E-state index < -0.39 is 0 Å². The minimum Gasteiger partial charge on any atom is -0.0619 e. The van der Waals surface area contributed by atoms with Crippen LogP contribution in [0.2, 0.25) is 0 Å². The molecule has 0 heteroatoms. The van der Waals surface area contributed by atoms with E-state index in [9.17, 15) is 0 Å². The maximum absolute atomic E-state index is 2.46. The van der Waals surface area contributed by atoms with Crippen LogP contribution >= 0.6 is 0 Å². The molecule has 0 spiro atoms. The molecule has 0 nitrogen and oxygen atoms in total. The molecule has 4 aromatic carbocycles. The third kappa shape index (κ3) is 1.76. The van der Waals surface area contributed by atoms with Crippen LogP contribution < -0.4 is 0 Å². The lowest BCUT2D eigenvalue weighted by molar-refractivity contribution is 0.612. The Labute approximate surface area is 171 Å². The van der Waals surface area contributed by atoms with Crippen molar-refractivity contribution in [1.82, 2.24) is 0 Å². The number of fused-ring (bicyclic) bond motifs is 1. The van der Waals surface area contributed by atoms with Gasteiger partial charge < -0.3 is 0 Å². The Bertz CT molecular complexity index is 1220. The Balaban J connectivity index is 1.65. The second-order valence-corrected chi connectivity index (χ2v) is 8.49. The summed E-state index contributed by atoms with van der Waals surface area (Å²) in [4.78, 5) is 0. The molecule has 8 rings (SSSR count). The summed E-state index contributed by atoms with van der Waals surface area (Å²) in [5.41, 5.74) is 13.0. The second-order valence-electron chi connectivity index (χ2n) is 8.49. The fourth-order valence-corrected chi connectivity index (χ4v) is 6.25. The highest BCUT2D eigenvalue weighted by Crippen LogP contribution is 2.62. The van der Waals surface area contributed by atoms with Crippen LogP contribution in [-0.2, 0) is 11.8 Å². The molecule has 4 aliphatic rings. The van der Waals surface area contributed by atoms with Crippen molar-refractivity contribution in [2.45, 2.75) is 17.8 Å². The highest BCUT2D eigenvalue weighted by molar-refractivity contribution is 5.80. The van der Waals surface area contributed by atoms with Gasteiger partial charge in [0.15, 0.2) is 0 Å². The van der Waals surface area contributed by atoms with Gasteiger partial charge in [-0.2, -0.15) is 0 Å². The predicted molar refractivity (Wildman–Crippen MR) is 118 cm³/mol. The molecule has 4 aliphatic carbocycles. The molecule has 136 valence electrons. The Kier molecular flexibility index (Phi) is 2.87. The maximum atomic E-state index is 2.46. The molecule has 0 fully saturated rings. The lowest BCUT2D eigenvalue weighted by Gasteiger charge is -2.51. The summed E-state index contributed by atoms with van der Waals surface area (Å²) in [5.74, 6) is 0.338. The van der Waals surface area contributed by atoms with Crippen molar-refractivity contribution in [2.75, 3.05) is 0 Å². The van der Waals surface area contributed by atoms with Crippen LogP contribution in [0, 0.1) is 0 Å². The molecule has 0 amide bonds. The minimum atomic E-state index is -0.197. The molecular weight excluding hydrogens is 348 g/mol. The van der Waals surface area contributed by atoms with Crippen molar-refractivity contribution in [3.05, 3.63) is 147 Å².